The van der Waals surface area contributed by atoms with Crippen LogP contribution in [0.25, 0.3) is 5.69 Å². The molecule has 1 amide bonds. The molecule has 0 saturated carbocycles. The van der Waals surface area contributed by atoms with Crippen molar-refractivity contribution in [2.45, 2.75) is 45.6 Å². The monoisotopic (exact) mass is 338 g/mol. The molecule has 130 valence electrons. The highest BCUT2D eigenvalue weighted by Gasteiger charge is 2.32. The summed E-state index contributed by atoms with van der Waals surface area (Å²) in [7, 11) is 0. The number of piperidine rings is 1. The highest BCUT2D eigenvalue weighted by Crippen LogP contribution is 2.30. The number of amides is 1. The van der Waals surface area contributed by atoms with Crippen LogP contribution in [0.1, 0.15) is 57.0 Å². The zero-order chi connectivity index (χ0) is 17.8. The fourth-order valence-corrected chi connectivity index (χ4v) is 3.09. The Hall–Kier alpha value is -2.75. The minimum absolute atomic E-state index is 0.00274. The summed E-state index contributed by atoms with van der Waals surface area (Å²) in [4.78, 5) is 16.0. The van der Waals surface area contributed by atoms with Gasteiger partial charge in [0.15, 0.2) is 5.82 Å². The van der Waals surface area contributed by atoms with E-state index in [1.54, 1.807) is 18.2 Å². The van der Waals surface area contributed by atoms with Gasteiger partial charge in [-0.25, -0.2) is 0 Å². The highest BCUT2D eigenvalue weighted by atomic mass is 16.2. The second-order valence-corrected chi connectivity index (χ2v) is 6.45. The van der Waals surface area contributed by atoms with Crippen LogP contribution in [-0.4, -0.2) is 37.6 Å². The lowest BCUT2D eigenvalue weighted by atomic mass is 9.98. The first-order valence-corrected chi connectivity index (χ1v) is 8.75. The Morgan fingerprint density at radius 1 is 1.44 bits per heavy atom. The first-order chi connectivity index (χ1) is 12.1. The smallest absolute Gasteiger partial charge is 0.226 e. The SMILES string of the molecule is CCC(C)C(=O)N1CCCCC1c1nnn(-c2cccc(C#N)c2)n1. The molecule has 25 heavy (non-hydrogen) atoms. The maximum absolute atomic E-state index is 12.7. The zero-order valence-electron chi connectivity index (χ0n) is 14.6. The Morgan fingerprint density at radius 3 is 3.04 bits per heavy atom. The van der Waals surface area contributed by atoms with E-state index in [0.717, 1.165) is 32.2 Å². The predicted octanol–water partition coefficient (Wildman–Crippen LogP) is 2.63. The Balaban J connectivity index is 1.86. The Morgan fingerprint density at radius 2 is 2.28 bits per heavy atom. The third-order valence-corrected chi connectivity index (χ3v) is 4.75. The van der Waals surface area contributed by atoms with E-state index < -0.39 is 0 Å². The van der Waals surface area contributed by atoms with Crippen molar-refractivity contribution in [1.29, 1.82) is 5.26 Å². The molecule has 7 heteroatoms. The molecule has 7 nitrogen and oxygen atoms in total. The fraction of sp³-hybridized carbons (Fsp3) is 0.500. The molecular formula is C18H22N6O. The van der Waals surface area contributed by atoms with Crippen molar-refractivity contribution >= 4 is 5.91 Å². The summed E-state index contributed by atoms with van der Waals surface area (Å²) in [5.74, 6) is 0.733. The molecule has 2 aromatic rings. The van der Waals surface area contributed by atoms with Crippen LogP contribution in [0.5, 0.6) is 0 Å². The average molecular weight is 338 g/mol. The van der Waals surface area contributed by atoms with Gasteiger partial charge in [0.2, 0.25) is 5.91 Å². The van der Waals surface area contributed by atoms with E-state index >= 15 is 0 Å². The first-order valence-electron chi connectivity index (χ1n) is 8.75. The predicted molar refractivity (Wildman–Crippen MR) is 91.6 cm³/mol. The highest BCUT2D eigenvalue weighted by molar-refractivity contribution is 5.78. The van der Waals surface area contributed by atoms with Crippen molar-refractivity contribution < 1.29 is 4.79 Å². The number of tetrazole rings is 1. The van der Waals surface area contributed by atoms with Gasteiger partial charge in [0, 0.05) is 12.5 Å². The van der Waals surface area contributed by atoms with E-state index in [2.05, 4.69) is 21.5 Å². The Kier molecular flexibility index (Phi) is 5.08. The zero-order valence-corrected chi connectivity index (χ0v) is 14.6. The number of likely N-dealkylation sites (tertiary alicyclic amines) is 1. The van der Waals surface area contributed by atoms with E-state index in [0.29, 0.717) is 17.1 Å². The number of benzene rings is 1. The molecule has 0 radical (unpaired) electrons. The summed E-state index contributed by atoms with van der Waals surface area (Å²) in [6.07, 6.45) is 3.74. The molecule has 3 rings (SSSR count). The lowest BCUT2D eigenvalue weighted by molar-refractivity contribution is -0.139. The summed E-state index contributed by atoms with van der Waals surface area (Å²) >= 11 is 0. The topological polar surface area (TPSA) is 87.7 Å². The molecule has 1 fully saturated rings. The number of rotatable bonds is 4. The van der Waals surface area contributed by atoms with Crippen molar-refractivity contribution in [2.75, 3.05) is 6.54 Å². The number of nitrogens with zero attached hydrogens (tertiary/aromatic N) is 6. The van der Waals surface area contributed by atoms with Gasteiger partial charge in [-0.3, -0.25) is 4.79 Å². The minimum atomic E-state index is -0.122. The van der Waals surface area contributed by atoms with Crippen molar-refractivity contribution in [3.05, 3.63) is 35.7 Å². The number of carbonyl (C=O) groups excluding carboxylic acids is 1. The molecular weight excluding hydrogens is 316 g/mol. The number of carbonyl (C=O) groups is 1. The summed E-state index contributed by atoms with van der Waals surface area (Å²) in [5, 5.41) is 21.8. The van der Waals surface area contributed by atoms with Crippen LogP contribution in [-0.2, 0) is 4.79 Å². The fourth-order valence-electron chi connectivity index (χ4n) is 3.09. The quantitative estimate of drug-likeness (QED) is 0.855. The lowest BCUT2D eigenvalue weighted by Gasteiger charge is -2.35. The number of hydrogen-bond donors (Lipinski definition) is 0. The van der Waals surface area contributed by atoms with E-state index in [4.69, 9.17) is 5.26 Å². The molecule has 2 atom stereocenters. The van der Waals surface area contributed by atoms with Gasteiger partial charge in [-0.1, -0.05) is 19.9 Å². The van der Waals surface area contributed by atoms with E-state index in [1.807, 2.05) is 24.8 Å². The van der Waals surface area contributed by atoms with Crippen molar-refractivity contribution in [1.82, 2.24) is 25.1 Å². The molecule has 1 aliphatic heterocycles. The third kappa shape index (κ3) is 3.53. The van der Waals surface area contributed by atoms with Crippen molar-refractivity contribution in [3.8, 4) is 11.8 Å². The summed E-state index contributed by atoms with van der Waals surface area (Å²) in [5.41, 5.74) is 1.23. The van der Waals surface area contributed by atoms with Gasteiger partial charge >= 0.3 is 0 Å². The maximum Gasteiger partial charge on any atom is 0.226 e. The molecule has 1 aromatic heterocycles. The van der Waals surface area contributed by atoms with Gasteiger partial charge in [0.1, 0.15) is 0 Å². The molecule has 0 N–H and O–H groups in total. The molecule has 0 bridgehead atoms. The van der Waals surface area contributed by atoms with Gasteiger partial charge < -0.3 is 4.90 Å². The Bertz CT molecular complexity index is 793. The lowest BCUT2D eigenvalue weighted by Crippen LogP contribution is -2.41. The van der Waals surface area contributed by atoms with E-state index in [9.17, 15) is 4.79 Å². The summed E-state index contributed by atoms with van der Waals surface area (Å²) < 4.78 is 0. The van der Waals surface area contributed by atoms with Gasteiger partial charge in [-0.05, 0) is 49.1 Å². The van der Waals surface area contributed by atoms with Crippen molar-refractivity contribution in [3.63, 3.8) is 0 Å². The van der Waals surface area contributed by atoms with E-state index in [1.165, 1.54) is 4.80 Å². The molecule has 2 unspecified atom stereocenters. The van der Waals surface area contributed by atoms with Crippen LogP contribution in [0.4, 0.5) is 0 Å². The maximum atomic E-state index is 12.7. The molecule has 1 saturated heterocycles. The third-order valence-electron chi connectivity index (χ3n) is 4.75. The minimum Gasteiger partial charge on any atom is -0.332 e. The first kappa shape index (κ1) is 17.1. The molecule has 2 heterocycles. The normalized spacial score (nSPS) is 18.6. The van der Waals surface area contributed by atoms with Crippen LogP contribution in [0, 0.1) is 17.2 Å². The number of hydrogen-bond acceptors (Lipinski definition) is 5. The molecule has 1 aliphatic rings. The number of nitriles is 1. The average Bonchev–Trinajstić information content (AvgIpc) is 3.17. The summed E-state index contributed by atoms with van der Waals surface area (Å²) in [6, 6.07) is 9.05. The molecule has 0 aliphatic carbocycles. The largest absolute Gasteiger partial charge is 0.332 e. The van der Waals surface area contributed by atoms with Crippen LogP contribution in [0.15, 0.2) is 24.3 Å². The molecule has 1 aromatic carbocycles. The summed E-state index contributed by atoms with van der Waals surface area (Å²) in [6.45, 7) is 4.73. The van der Waals surface area contributed by atoms with Gasteiger partial charge in [-0.15, -0.1) is 15.0 Å². The van der Waals surface area contributed by atoms with Crippen LogP contribution < -0.4 is 0 Å². The van der Waals surface area contributed by atoms with Gasteiger partial charge in [0.05, 0.1) is 23.4 Å². The Labute approximate surface area is 147 Å². The van der Waals surface area contributed by atoms with Crippen LogP contribution >= 0.6 is 0 Å². The molecule has 0 spiro atoms. The second-order valence-electron chi connectivity index (χ2n) is 6.45. The van der Waals surface area contributed by atoms with Gasteiger partial charge in [-0.2, -0.15) is 5.26 Å². The van der Waals surface area contributed by atoms with E-state index in [-0.39, 0.29) is 17.9 Å². The van der Waals surface area contributed by atoms with Gasteiger partial charge in [0.25, 0.3) is 0 Å². The van der Waals surface area contributed by atoms with Crippen LogP contribution in [0.2, 0.25) is 0 Å². The number of aromatic nitrogens is 4. The van der Waals surface area contributed by atoms with Crippen molar-refractivity contribution in [2.24, 2.45) is 5.92 Å². The second kappa shape index (κ2) is 7.43. The standard InChI is InChI=1S/C18H22N6O/c1-3-13(2)18(25)23-10-5-4-9-16(23)17-20-22-24(21-17)15-8-6-7-14(11-15)12-19/h6-8,11,13,16H,3-5,9-10H2,1-2H3. The van der Waals surface area contributed by atoms with Crippen LogP contribution in [0.3, 0.4) is 0 Å².